The lowest BCUT2D eigenvalue weighted by molar-refractivity contribution is -0.167. The molecule has 0 aromatic rings. The van der Waals surface area contributed by atoms with Crippen LogP contribution in [0.5, 0.6) is 0 Å². The molecule has 0 aromatic heterocycles. The first-order valence-electron chi connectivity index (χ1n) is 31.4. The number of carbonyl (C=O) groups excluding carboxylic acids is 3. The van der Waals surface area contributed by atoms with E-state index < -0.39 is 6.10 Å². The number of ether oxygens (including phenoxy) is 3. The van der Waals surface area contributed by atoms with Crippen LogP contribution in [0.3, 0.4) is 0 Å². The smallest absolute Gasteiger partial charge is 0.306 e. The Hall–Kier alpha value is -3.15. The van der Waals surface area contributed by atoms with Crippen molar-refractivity contribution in [3.8, 4) is 0 Å². The Balaban J connectivity index is 4.39. The van der Waals surface area contributed by atoms with E-state index >= 15 is 0 Å². The van der Waals surface area contributed by atoms with E-state index in [2.05, 4.69) is 93.7 Å². The van der Waals surface area contributed by atoms with E-state index in [1.54, 1.807) is 0 Å². The largest absolute Gasteiger partial charge is 0.462 e. The molecule has 0 fully saturated rings. The third-order valence-corrected chi connectivity index (χ3v) is 13.7. The van der Waals surface area contributed by atoms with Crippen molar-refractivity contribution >= 4 is 17.9 Å². The van der Waals surface area contributed by atoms with Gasteiger partial charge in [0.1, 0.15) is 13.2 Å². The summed E-state index contributed by atoms with van der Waals surface area (Å²) >= 11 is 0. The number of esters is 3. The average molecular weight is 1020 g/mol. The quantitative estimate of drug-likeness (QED) is 0.0261. The van der Waals surface area contributed by atoms with Gasteiger partial charge >= 0.3 is 17.9 Å². The van der Waals surface area contributed by atoms with E-state index in [1.807, 2.05) is 0 Å². The molecule has 0 saturated carbocycles. The van der Waals surface area contributed by atoms with Crippen LogP contribution in [0.2, 0.25) is 0 Å². The van der Waals surface area contributed by atoms with Crippen molar-refractivity contribution in [2.24, 2.45) is 0 Å². The van der Waals surface area contributed by atoms with E-state index in [-0.39, 0.29) is 31.1 Å². The Labute approximate surface area is 453 Å². The van der Waals surface area contributed by atoms with Gasteiger partial charge in [-0.3, -0.25) is 14.4 Å². The normalized spacial score (nSPS) is 12.5. The standard InChI is InChI=1S/C67H118O6/c1-4-7-10-13-16-19-22-25-28-31-33-34-35-37-39-42-45-48-51-54-57-60-66(69)72-63-64(62-71-65(68)59-56-53-50-47-44-41-38-30-27-24-21-18-15-12-9-6-3)73-67(70)61-58-55-52-49-46-43-40-36-32-29-26-23-20-17-14-11-8-5-2/h7,10,16,19,25,28-30,32-34,38,64H,4-6,8-9,11-15,17-18,20-24,26-27,31,35-37,39-63H2,1-3H3/b10-7-,19-16-,28-25-,32-29-,34-33-,38-30-. The van der Waals surface area contributed by atoms with E-state index in [4.69, 9.17) is 14.2 Å². The molecule has 0 bridgehead atoms. The predicted molar refractivity (Wildman–Crippen MR) is 316 cm³/mol. The molecular formula is C67H118O6. The third kappa shape index (κ3) is 59.6. The van der Waals surface area contributed by atoms with Crippen LogP contribution in [-0.2, 0) is 28.6 Å². The Morgan fingerprint density at radius 1 is 0.288 bits per heavy atom. The fourth-order valence-corrected chi connectivity index (χ4v) is 8.95. The highest BCUT2D eigenvalue weighted by atomic mass is 16.6. The first kappa shape index (κ1) is 69.8. The number of allylic oxidation sites excluding steroid dienone is 12. The second-order valence-corrected chi connectivity index (χ2v) is 20.9. The van der Waals surface area contributed by atoms with Crippen LogP contribution in [0.15, 0.2) is 72.9 Å². The molecule has 0 aliphatic carbocycles. The maximum absolute atomic E-state index is 12.9. The van der Waals surface area contributed by atoms with Crippen molar-refractivity contribution < 1.29 is 28.6 Å². The minimum Gasteiger partial charge on any atom is -0.462 e. The summed E-state index contributed by atoms with van der Waals surface area (Å²) < 4.78 is 16.9. The molecule has 73 heavy (non-hydrogen) atoms. The lowest BCUT2D eigenvalue weighted by atomic mass is 10.1. The van der Waals surface area contributed by atoms with Gasteiger partial charge in [0.15, 0.2) is 6.10 Å². The van der Waals surface area contributed by atoms with Gasteiger partial charge < -0.3 is 14.2 Å². The van der Waals surface area contributed by atoms with E-state index in [9.17, 15) is 14.4 Å². The van der Waals surface area contributed by atoms with Crippen molar-refractivity contribution in [3.05, 3.63) is 72.9 Å². The molecule has 0 aliphatic rings. The highest BCUT2D eigenvalue weighted by molar-refractivity contribution is 5.71. The summed E-state index contributed by atoms with van der Waals surface area (Å²) in [5, 5.41) is 0. The lowest BCUT2D eigenvalue weighted by Gasteiger charge is -2.18. The van der Waals surface area contributed by atoms with Crippen LogP contribution in [0, 0.1) is 0 Å². The topological polar surface area (TPSA) is 78.9 Å². The maximum Gasteiger partial charge on any atom is 0.306 e. The van der Waals surface area contributed by atoms with Gasteiger partial charge in [-0.1, -0.05) is 261 Å². The molecule has 6 nitrogen and oxygen atoms in total. The second-order valence-electron chi connectivity index (χ2n) is 20.9. The molecule has 0 spiro atoms. The van der Waals surface area contributed by atoms with Gasteiger partial charge in [0.05, 0.1) is 0 Å². The van der Waals surface area contributed by atoms with Crippen molar-refractivity contribution in [1.82, 2.24) is 0 Å². The van der Waals surface area contributed by atoms with E-state index in [0.29, 0.717) is 19.3 Å². The summed E-state index contributed by atoms with van der Waals surface area (Å²) in [5.41, 5.74) is 0. The van der Waals surface area contributed by atoms with Gasteiger partial charge in [-0.15, -0.1) is 0 Å². The predicted octanol–water partition coefficient (Wildman–Crippen LogP) is 21.3. The van der Waals surface area contributed by atoms with Crippen molar-refractivity contribution in [2.45, 2.75) is 322 Å². The van der Waals surface area contributed by atoms with E-state index in [0.717, 1.165) is 96.3 Å². The maximum atomic E-state index is 12.9. The molecule has 0 heterocycles. The fourth-order valence-electron chi connectivity index (χ4n) is 8.95. The number of rotatable bonds is 57. The first-order valence-corrected chi connectivity index (χ1v) is 31.4. The van der Waals surface area contributed by atoms with Crippen molar-refractivity contribution in [2.75, 3.05) is 13.2 Å². The molecule has 0 rings (SSSR count). The molecular weight excluding hydrogens is 901 g/mol. The molecule has 1 unspecified atom stereocenters. The van der Waals surface area contributed by atoms with Crippen LogP contribution >= 0.6 is 0 Å². The van der Waals surface area contributed by atoms with Crippen molar-refractivity contribution in [3.63, 3.8) is 0 Å². The first-order chi connectivity index (χ1) is 36.0. The van der Waals surface area contributed by atoms with Gasteiger partial charge in [0.2, 0.25) is 0 Å². The summed E-state index contributed by atoms with van der Waals surface area (Å²) in [6, 6.07) is 0. The monoisotopic (exact) mass is 1020 g/mol. The van der Waals surface area contributed by atoms with Gasteiger partial charge in [-0.05, 0) is 109 Å². The van der Waals surface area contributed by atoms with Crippen LogP contribution < -0.4 is 0 Å². The highest BCUT2D eigenvalue weighted by Gasteiger charge is 2.19. The number of unbranched alkanes of at least 4 members (excludes halogenated alkanes) is 34. The van der Waals surface area contributed by atoms with Crippen LogP contribution in [0.4, 0.5) is 0 Å². The SMILES string of the molecule is CC/C=C\C/C=C\C/C=C\C/C=C\CCCCCCCCCCC(=O)OCC(COC(=O)CCCCCCC/C=C\CCCCCCCCC)OC(=O)CCCCCCCCC/C=C\CCCCCCCCC. The number of hydrogen-bond acceptors (Lipinski definition) is 6. The van der Waals surface area contributed by atoms with Gasteiger partial charge in [-0.25, -0.2) is 0 Å². The molecule has 0 aliphatic heterocycles. The Morgan fingerprint density at radius 2 is 0.534 bits per heavy atom. The minimum atomic E-state index is -0.785. The molecule has 0 radical (unpaired) electrons. The summed E-state index contributed by atoms with van der Waals surface area (Å²) in [6.07, 6.45) is 79.0. The summed E-state index contributed by atoms with van der Waals surface area (Å²) in [7, 11) is 0. The Morgan fingerprint density at radius 3 is 0.849 bits per heavy atom. The summed E-state index contributed by atoms with van der Waals surface area (Å²) in [5.74, 6) is -0.889. The third-order valence-electron chi connectivity index (χ3n) is 13.7. The fraction of sp³-hybridized carbons (Fsp3) is 0.776. The second kappa shape index (κ2) is 61.4. The van der Waals surface area contributed by atoms with Gasteiger partial charge in [0, 0.05) is 19.3 Å². The van der Waals surface area contributed by atoms with Crippen LogP contribution in [0.1, 0.15) is 316 Å². The summed E-state index contributed by atoms with van der Waals surface area (Å²) in [4.78, 5) is 38.3. The van der Waals surface area contributed by atoms with Crippen LogP contribution in [0.25, 0.3) is 0 Å². The molecule has 1 atom stereocenters. The highest BCUT2D eigenvalue weighted by Crippen LogP contribution is 2.16. The van der Waals surface area contributed by atoms with E-state index in [1.165, 1.54) is 180 Å². The van der Waals surface area contributed by atoms with Crippen molar-refractivity contribution in [1.29, 1.82) is 0 Å². The zero-order chi connectivity index (χ0) is 52.9. The van der Waals surface area contributed by atoms with Gasteiger partial charge in [-0.2, -0.15) is 0 Å². The Bertz CT molecular complexity index is 1360. The molecule has 0 amide bonds. The van der Waals surface area contributed by atoms with Gasteiger partial charge in [0.25, 0.3) is 0 Å². The average Bonchev–Trinajstić information content (AvgIpc) is 3.39. The molecule has 422 valence electrons. The van der Waals surface area contributed by atoms with Crippen LogP contribution in [-0.4, -0.2) is 37.2 Å². The number of carbonyl (C=O) groups is 3. The Kier molecular flexibility index (Phi) is 58.7. The molecule has 0 aromatic carbocycles. The zero-order valence-electron chi connectivity index (χ0n) is 48.4. The molecule has 0 saturated heterocycles. The molecule has 6 heteroatoms. The minimum absolute atomic E-state index is 0.0825. The number of hydrogen-bond donors (Lipinski definition) is 0. The zero-order valence-corrected chi connectivity index (χ0v) is 48.4. The lowest BCUT2D eigenvalue weighted by Crippen LogP contribution is -2.30. The molecule has 0 N–H and O–H groups in total. The summed E-state index contributed by atoms with van der Waals surface area (Å²) in [6.45, 7) is 6.54.